The van der Waals surface area contributed by atoms with Crippen molar-refractivity contribution < 1.29 is 4.74 Å². The highest BCUT2D eigenvalue weighted by Gasteiger charge is 2.29. The third-order valence-electron chi connectivity index (χ3n) is 4.47. The van der Waals surface area contributed by atoms with Crippen LogP contribution in [-0.2, 0) is 11.2 Å². The Labute approximate surface area is 121 Å². The lowest BCUT2D eigenvalue weighted by atomic mass is 10.1. The fraction of sp³-hybridized carbons (Fsp3) is 0.625. The van der Waals surface area contributed by atoms with Crippen LogP contribution < -0.4 is 10.6 Å². The van der Waals surface area contributed by atoms with Crippen LogP contribution in [0.2, 0.25) is 0 Å². The van der Waals surface area contributed by atoms with E-state index in [4.69, 9.17) is 10.5 Å². The number of nitrogens with zero attached hydrogens (tertiary/aromatic N) is 2. The first-order valence-electron chi connectivity index (χ1n) is 7.73. The predicted octanol–water partition coefficient (Wildman–Crippen LogP) is 1.10. The number of nitrogens with two attached hydrogens (primary N) is 1. The summed E-state index contributed by atoms with van der Waals surface area (Å²) in [6, 6.07) is 9.39. The summed E-state index contributed by atoms with van der Waals surface area (Å²) in [4.78, 5) is 5.13. The van der Waals surface area contributed by atoms with E-state index in [1.807, 2.05) is 0 Å². The van der Waals surface area contributed by atoms with E-state index < -0.39 is 0 Å². The van der Waals surface area contributed by atoms with Crippen LogP contribution in [0.5, 0.6) is 0 Å². The Morgan fingerprint density at radius 1 is 1.15 bits per heavy atom. The molecule has 2 aliphatic rings. The first kappa shape index (κ1) is 13.9. The lowest BCUT2D eigenvalue weighted by Gasteiger charge is -2.32. The SMILES string of the molecule is NCCc1ccccc1N1CCC(N2CCOCC2)C1. The fourth-order valence-corrected chi connectivity index (χ4v) is 3.39. The summed E-state index contributed by atoms with van der Waals surface area (Å²) in [7, 11) is 0. The molecule has 0 spiro atoms. The Morgan fingerprint density at radius 2 is 1.95 bits per heavy atom. The molecule has 0 saturated carbocycles. The van der Waals surface area contributed by atoms with Crippen molar-refractivity contribution in [2.24, 2.45) is 5.73 Å². The molecule has 0 radical (unpaired) electrons. The van der Waals surface area contributed by atoms with Crippen LogP contribution in [-0.4, -0.2) is 56.9 Å². The third kappa shape index (κ3) is 2.97. The van der Waals surface area contributed by atoms with Crippen molar-refractivity contribution in [3.05, 3.63) is 29.8 Å². The highest BCUT2D eigenvalue weighted by molar-refractivity contribution is 5.54. The molecule has 1 aromatic carbocycles. The number of rotatable bonds is 4. The molecule has 0 bridgehead atoms. The second-order valence-corrected chi connectivity index (χ2v) is 5.70. The maximum absolute atomic E-state index is 5.73. The molecule has 1 unspecified atom stereocenters. The predicted molar refractivity (Wildman–Crippen MR) is 82.2 cm³/mol. The van der Waals surface area contributed by atoms with E-state index in [2.05, 4.69) is 34.1 Å². The molecule has 2 heterocycles. The number of hydrogen-bond acceptors (Lipinski definition) is 4. The van der Waals surface area contributed by atoms with Gasteiger partial charge in [-0.05, 0) is 31.0 Å². The first-order chi connectivity index (χ1) is 9.88. The smallest absolute Gasteiger partial charge is 0.0594 e. The Balaban J connectivity index is 1.67. The maximum atomic E-state index is 5.73. The van der Waals surface area contributed by atoms with Crippen molar-refractivity contribution in [3.63, 3.8) is 0 Å². The molecule has 4 nitrogen and oxygen atoms in total. The van der Waals surface area contributed by atoms with Gasteiger partial charge in [0.2, 0.25) is 0 Å². The second-order valence-electron chi connectivity index (χ2n) is 5.70. The third-order valence-corrected chi connectivity index (χ3v) is 4.47. The highest BCUT2D eigenvalue weighted by Crippen LogP contribution is 2.27. The van der Waals surface area contributed by atoms with E-state index in [0.717, 1.165) is 52.4 Å². The molecule has 1 aromatic rings. The van der Waals surface area contributed by atoms with Crippen LogP contribution in [0.25, 0.3) is 0 Å². The van der Waals surface area contributed by atoms with Crippen LogP contribution in [0, 0.1) is 0 Å². The van der Waals surface area contributed by atoms with Gasteiger partial charge in [0.1, 0.15) is 0 Å². The summed E-state index contributed by atoms with van der Waals surface area (Å²) < 4.78 is 5.45. The van der Waals surface area contributed by atoms with Gasteiger partial charge in [-0.1, -0.05) is 18.2 Å². The van der Waals surface area contributed by atoms with E-state index >= 15 is 0 Å². The number of hydrogen-bond donors (Lipinski definition) is 1. The molecule has 2 fully saturated rings. The zero-order valence-corrected chi connectivity index (χ0v) is 12.1. The molecular weight excluding hydrogens is 250 g/mol. The van der Waals surface area contributed by atoms with Crippen LogP contribution in [0.3, 0.4) is 0 Å². The summed E-state index contributed by atoms with van der Waals surface area (Å²) in [6.45, 7) is 6.97. The van der Waals surface area contributed by atoms with Gasteiger partial charge in [-0.2, -0.15) is 0 Å². The molecule has 3 rings (SSSR count). The molecule has 110 valence electrons. The Bertz CT molecular complexity index is 431. The minimum atomic E-state index is 0.685. The number of ether oxygens (including phenoxy) is 1. The minimum Gasteiger partial charge on any atom is -0.379 e. The van der Waals surface area contributed by atoms with Gasteiger partial charge in [-0.3, -0.25) is 4.90 Å². The largest absolute Gasteiger partial charge is 0.379 e. The first-order valence-corrected chi connectivity index (χ1v) is 7.73. The maximum Gasteiger partial charge on any atom is 0.0594 e. The quantitative estimate of drug-likeness (QED) is 0.893. The molecule has 2 aliphatic heterocycles. The fourth-order valence-electron chi connectivity index (χ4n) is 3.39. The minimum absolute atomic E-state index is 0.685. The molecule has 0 aromatic heterocycles. The standard InChI is InChI=1S/C16H25N3O/c17-7-5-14-3-1-2-4-16(14)19-8-6-15(13-19)18-9-11-20-12-10-18/h1-4,15H,5-13,17H2. The van der Waals surface area contributed by atoms with E-state index in [0.29, 0.717) is 6.04 Å². The summed E-state index contributed by atoms with van der Waals surface area (Å²) in [5.41, 5.74) is 8.50. The molecule has 2 N–H and O–H groups in total. The lowest BCUT2D eigenvalue weighted by molar-refractivity contribution is 0.0209. The normalized spacial score (nSPS) is 24.2. The average molecular weight is 275 g/mol. The van der Waals surface area contributed by atoms with Gasteiger partial charge in [0.05, 0.1) is 13.2 Å². The number of para-hydroxylation sites is 1. The van der Waals surface area contributed by atoms with Crippen molar-refractivity contribution in [2.45, 2.75) is 18.9 Å². The molecule has 0 aliphatic carbocycles. The van der Waals surface area contributed by atoms with Gasteiger partial charge in [-0.25, -0.2) is 0 Å². The molecule has 20 heavy (non-hydrogen) atoms. The molecule has 2 saturated heterocycles. The van der Waals surface area contributed by atoms with Crippen LogP contribution >= 0.6 is 0 Å². The van der Waals surface area contributed by atoms with Gasteiger partial charge in [-0.15, -0.1) is 0 Å². The van der Waals surface area contributed by atoms with E-state index in [1.54, 1.807) is 0 Å². The van der Waals surface area contributed by atoms with Crippen LogP contribution in [0.15, 0.2) is 24.3 Å². The van der Waals surface area contributed by atoms with Crippen LogP contribution in [0.4, 0.5) is 5.69 Å². The summed E-state index contributed by atoms with van der Waals surface area (Å²) in [5, 5.41) is 0. The zero-order valence-electron chi connectivity index (χ0n) is 12.1. The van der Waals surface area contributed by atoms with Crippen molar-refractivity contribution in [2.75, 3.05) is 50.8 Å². The van der Waals surface area contributed by atoms with Gasteiger partial charge in [0, 0.05) is 37.9 Å². The monoisotopic (exact) mass is 275 g/mol. The van der Waals surface area contributed by atoms with Gasteiger partial charge >= 0.3 is 0 Å². The highest BCUT2D eigenvalue weighted by atomic mass is 16.5. The van der Waals surface area contributed by atoms with E-state index in [-0.39, 0.29) is 0 Å². The Kier molecular flexibility index (Phi) is 4.55. The topological polar surface area (TPSA) is 41.7 Å². The summed E-state index contributed by atoms with van der Waals surface area (Å²) >= 11 is 0. The Hall–Kier alpha value is -1.10. The van der Waals surface area contributed by atoms with Gasteiger partial charge < -0.3 is 15.4 Å². The number of benzene rings is 1. The number of morpholine rings is 1. The van der Waals surface area contributed by atoms with Gasteiger partial charge in [0.25, 0.3) is 0 Å². The van der Waals surface area contributed by atoms with Crippen molar-refractivity contribution in [1.82, 2.24) is 4.90 Å². The molecular formula is C16H25N3O. The zero-order chi connectivity index (χ0) is 13.8. The average Bonchev–Trinajstić information content (AvgIpc) is 2.99. The van der Waals surface area contributed by atoms with Gasteiger partial charge in [0.15, 0.2) is 0 Å². The summed E-state index contributed by atoms with van der Waals surface area (Å²) in [5.74, 6) is 0. The summed E-state index contributed by atoms with van der Waals surface area (Å²) in [6.07, 6.45) is 2.23. The van der Waals surface area contributed by atoms with Crippen molar-refractivity contribution in [1.29, 1.82) is 0 Å². The molecule has 1 atom stereocenters. The van der Waals surface area contributed by atoms with E-state index in [1.165, 1.54) is 17.7 Å². The van der Waals surface area contributed by atoms with Crippen LogP contribution in [0.1, 0.15) is 12.0 Å². The van der Waals surface area contributed by atoms with E-state index in [9.17, 15) is 0 Å². The molecule has 0 amide bonds. The molecule has 4 heteroatoms. The van der Waals surface area contributed by atoms with Crippen molar-refractivity contribution >= 4 is 5.69 Å². The lowest BCUT2D eigenvalue weighted by Crippen LogP contribution is -2.44. The Morgan fingerprint density at radius 3 is 2.75 bits per heavy atom. The number of anilines is 1. The van der Waals surface area contributed by atoms with Crippen molar-refractivity contribution in [3.8, 4) is 0 Å². The second kappa shape index (κ2) is 6.57.